The molecule has 1 N–H and O–H groups in total. The fourth-order valence-electron chi connectivity index (χ4n) is 1.80. The Bertz CT molecular complexity index is 417. The summed E-state index contributed by atoms with van der Waals surface area (Å²) in [4.78, 5) is 2.15. The van der Waals surface area contributed by atoms with Crippen molar-refractivity contribution in [3.63, 3.8) is 0 Å². The smallest absolute Gasteiger partial charge is 0.134 e. The lowest BCUT2D eigenvalue weighted by Crippen LogP contribution is -2.19. The van der Waals surface area contributed by atoms with Gasteiger partial charge in [0.1, 0.15) is 11.3 Å². The van der Waals surface area contributed by atoms with E-state index in [9.17, 15) is 0 Å². The lowest BCUT2D eigenvalue weighted by atomic mass is 10.2. The molecular weight excluding hydrogens is 202 g/mol. The Kier molecular flexibility index (Phi) is 3.59. The van der Waals surface area contributed by atoms with Gasteiger partial charge in [0.25, 0.3) is 0 Å². The van der Waals surface area contributed by atoms with Gasteiger partial charge >= 0.3 is 0 Å². The molecule has 2 rings (SSSR count). The van der Waals surface area contributed by atoms with Crippen molar-refractivity contribution in [1.82, 2.24) is 4.90 Å². The van der Waals surface area contributed by atoms with Gasteiger partial charge in [-0.05, 0) is 25.6 Å². The highest BCUT2D eigenvalue weighted by Gasteiger charge is 2.05. The van der Waals surface area contributed by atoms with Gasteiger partial charge in [-0.2, -0.15) is 0 Å². The molecular formula is C13H17NO2. The van der Waals surface area contributed by atoms with Gasteiger partial charge in [0.05, 0.1) is 6.54 Å². The predicted octanol–water partition coefficient (Wildman–Crippen LogP) is 2.25. The Morgan fingerprint density at radius 2 is 2.12 bits per heavy atom. The number of hydrogen-bond acceptors (Lipinski definition) is 3. The Labute approximate surface area is 95.3 Å². The summed E-state index contributed by atoms with van der Waals surface area (Å²) in [5, 5.41) is 9.89. The van der Waals surface area contributed by atoms with Crippen molar-refractivity contribution in [2.24, 2.45) is 0 Å². The standard InChI is InChI=1S/C13H17NO2/c1-14(7-4-8-15)10-12-9-11-5-2-3-6-13(11)16-12/h2-3,5-6,9,15H,4,7-8,10H2,1H3. The lowest BCUT2D eigenvalue weighted by molar-refractivity contribution is 0.236. The van der Waals surface area contributed by atoms with Gasteiger partial charge < -0.3 is 9.52 Å². The van der Waals surface area contributed by atoms with E-state index in [0.717, 1.165) is 36.2 Å². The maximum atomic E-state index is 8.75. The maximum absolute atomic E-state index is 8.75. The Morgan fingerprint density at radius 3 is 2.88 bits per heavy atom. The van der Waals surface area contributed by atoms with E-state index in [1.807, 2.05) is 25.2 Å². The molecule has 0 unspecified atom stereocenters. The molecule has 1 aromatic carbocycles. The molecule has 0 radical (unpaired) electrons. The van der Waals surface area contributed by atoms with Crippen molar-refractivity contribution < 1.29 is 9.52 Å². The maximum Gasteiger partial charge on any atom is 0.134 e. The average Bonchev–Trinajstić information content (AvgIpc) is 2.68. The number of para-hydroxylation sites is 1. The first kappa shape index (κ1) is 11.2. The first-order chi connectivity index (χ1) is 7.79. The normalized spacial score (nSPS) is 11.4. The monoisotopic (exact) mass is 219 g/mol. The van der Waals surface area contributed by atoms with Crippen molar-refractivity contribution in [3.8, 4) is 0 Å². The number of rotatable bonds is 5. The van der Waals surface area contributed by atoms with E-state index < -0.39 is 0 Å². The fraction of sp³-hybridized carbons (Fsp3) is 0.385. The van der Waals surface area contributed by atoms with Crippen LogP contribution in [-0.2, 0) is 6.54 Å². The topological polar surface area (TPSA) is 36.6 Å². The highest BCUT2D eigenvalue weighted by Crippen LogP contribution is 2.19. The first-order valence-corrected chi connectivity index (χ1v) is 5.56. The lowest BCUT2D eigenvalue weighted by Gasteiger charge is -2.13. The molecule has 1 aromatic heterocycles. The molecule has 0 aliphatic rings. The van der Waals surface area contributed by atoms with E-state index in [2.05, 4.69) is 17.0 Å². The minimum absolute atomic E-state index is 0.241. The highest BCUT2D eigenvalue weighted by atomic mass is 16.3. The summed E-state index contributed by atoms with van der Waals surface area (Å²) in [6, 6.07) is 10.1. The van der Waals surface area contributed by atoms with Gasteiger partial charge in [-0.25, -0.2) is 0 Å². The Balaban J connectivity index is 2.03. The summed E-state index contributed by atoms with van der Waals surface area (Å²) in [6.07, 6.45) is 0.802. The minimum Gasteiger partial charge on any atom is -0.460 e. The number of fused-ring (bicyclic) bond motifs is 1. The van der Waals surface area contributed by atoms with Crippen LogP contribution in [0.15, 0.2) is 34.7 Å². The van der Waals surface area contributed by atoms with Crippen LogP contribution >= 0.6 is 0 Å². The second-order valence-electron chi connectivity index (χ2n) is 4.07. The van der Waals surface area contributed by atoms with Crippen LogP contribution in [0.2, 0.25) is 0 Å². The summed E-state index contributed by atoms with van der Waals surface area (Å²) in [6.45, 7) is 1.91. The molecule has 0 saturated carbocycles. The van der Waals surface area contributed by atoms with Crippen molar-refractivity contribution in [2.75, 3.05) is 20.2 Å². The molecule has 0 spiro atoms. The molecule has 16 heavy (non-hydrogen) atoms. The van der Waals surface area contributed by atoms with E-state index in [0.29, 0.717) is 0 Å². The van der Waals surface area contributed by atoms with Crippen LogP contribution in [0.4, 0.5) is 0 Å². The predicted molar refractivity (Wildman–Crippen MR) is 64.3 cm³/mol. The van der Waals surface area contributed by atoms with Crippen molar-refractivity contribution in [1.29, 1.82) is 0 Å². The van der Waals surface area contributed by atoms with Gasteiger partial charge in [-0.3, -0.25) is 4.90 Å². The van der Waals surface area contributed by atoms with Crippen LogP contribution in [0.3, 0.4) is 0 Å². The van der Waals surface area contributed by atoms with Crippen molar-refractivity contribution in [3.05, 3.63) is 36.1 Å². The van der Waals surface area contributed by atoms with E-state index in [-0.39, 0.29) is 6.61 Å². The molecule has 2 aromatic rings. The number of benzene rings is 1. The number of hydrogen-bond donors (Lipinski definition) is 1. The van der Waals surface area contributed by atoms with E-state index in [1.165, 1.54) is 0 Å². The van der Waals surface area contributed by atoms with Crippen molar-refractivity contribution >= 4 is 11.0 Å². The fourth-order valence-corrected chi connectivity index (χ4v) is 1.80. The molecule has 0 amide bonds. The molecule has 1 heterocycles. The molecule has 0 saturated heterocycles. The third-order valence-corrected chi connectivity index (χ3v) is 2.60. The van der Waals surface area contributed by atoms with Gasteiger partial charge in [0, 0.05) is 18.5 Å². The van der Waals surface area contributed by atoms with Crippen LogP contribution in [0, 0.1) is 0 Å². The van der Waals surface area contributed by atoms with Crippen LogP contribution < -0.4 is 0 Å². The van der Waals surface area contributed by atoms with Gasteiger partial charge in [0.15, 0.2) is 0 Å². The average molecular weight is 219 g/mol. The van der Waals surface area contributed by atoms with Gasteiger partial charge in [-0.15, -0.1) is 0 Å². The third-order valence-electron chi connectivity index (χ3n) is 2.60. The van der Waals surface area contributed by atoms with E-state index >= 15 is 0 Å². The second kappa shape index (κ2) is 5.14. The van der Waals surface area contributed by atoms with Crippen molar-refractivity contribution in [2.45, 2.75) is 13.0 Å². The zero-order chi connectivity index (χ0) is 11.4. The molecule has 0 bridgehead atoms. The molecule has 0 atom stereocenters. The van der Waals surface area contributed by atoms with Crippen LogP contribution in [-0.4, -0.2) is 30.2 Å². The van der Waals surface area contributed by atoms with Gasteiger partial charge in [-0.1, -0.05) is 18.2 Å². The first-order valence-electron chi connectivity index (χ1n) is 5.56. The molecule has 0 aliphatic heterocycles. The zero-order valence-corrected chi connectivity index (χ0v) is 9.52. The largest absolute Gasteiger partial charge is 0.460 e. The quantitative estimate of drug-likeness (QED) is 0.838. The third kappa shape index (κ3) is 2.62. The molecule has 0 fully saturated rings. The zero-order valence-electron chi connectivity index (χ0n) is 9.52. The number of furan rings is 1. The van der Waals surface area contributed by atoms with Crippen LogP contribution in [0.5, 0.6) is 0 Å². The van der Waals surface area contributed by atoms with Crippen LogP contribution in [0.1, 0.15) is 12.2 Å². The highest BCUT2D eigenvalue weighted by molar-refractivity contribution is 5.77. The Hall–Kier alpha value is -1.32. The summed E-state index contributed by atoms with van der Waals surface area (Å²) in [5.74, 6) is 0.974. The summed E-state index contributed by atoms with van der Waals surface area (Å²) in [5.41, 5.74) is 0.938. The summed E-state index contributed by atoms with van der Waals surface area (Å²) >= 11 is 0. The molecule has 3 nitrogen and oxygen atoms in total. The number of nitrogens with zero attached hydrogens (tertiary/aromatic N) is 1. The summed E-state index contributed by atoms with van der Waals surface area (Å²) < 4.78 is 5.71. The summed E-state index contributed by atoms with van der Waals surface area (Å²) in [7, 11) is 2.03. The Morgan fingerprint density at radius 1 is 1.31 bits per heavy atom. The minimum atomic E-state index is 0.241. The number of aliphatic hydroxyl groups excluding tert-OH is 1. The van der Waals surface area contributed by atoms with E-state index in [1.54, 1.807) is 0 Å². The molecule has 3 heteroatoms. The second-order valence-corrected chi connectivity index (χ2v) is 4.07. The van der Waals surface area contributed by atoms with Gasteiger partial charge in [0.2, 0.25) is 0 Å². The molecule has 0 aliphatic carbocycles. The molecule has 86 valence electrons. The number of aliphatic hydroxyl groups is 1. The van der Waals surface area contributed by atoms with Crippen LogP contribution in [0.25, 0.3) is 11.0 Å². The van der Waals surface area contributed by atoms with E-state index in [4.69, 9.17) is 9.52 Å². The SMILES string of the molecule is CN(CCCO)Cc1cc2ccccc2o1.